The molecule has 1 aromatic carbocycles. The van der Waals surface area contributed by atoms with Crippen molar-refractivity contribution in [2.24, 2.45) is 0 Å². The minimum atomic E-state index is -4.81. The number of rotatable bonds is 1. The highest BCUT2D eigenvalue weighted by Crippen LogP contribution is 2.35. The highest BCUT2D eigenvalue weighted by atomic mass is 35.5. The van der Waals surface area contributed by atoms with E-state index in [0.717, 1.165) is 0 Å². The van der Waals surface area contributed by atoms with Gasteiger partial charge in [0.05, 0.1) is 10.6 Å². The Morgan fingerprint density at radius 3 is 2.20 bits per heavy atom. The molecular weight excluding hydrogens is 259 g/mol. The molecule has 0 fully saturated rings. The van der Waals surface area contributed by atoms with Gasteiger partial charge in [-0.3, -0.25) is 4.79 Å². The lowest BCUT2D eigenvalue weighted by atomic mass is 10.1. The van der Waals surface area contributed by atoms with Crippen LogP contribution in [0.4, 0.5) is 17.6 Å². The lowest BCUT2D eigenvalue weighted by Crippen LogP contribution is -2.11. The third kappa shape index (κ3) is 2.60. The van der Waals surface area contributed by atoms with Crippen LogP contribution in [0.3, 0.4) is 0 Å². The molecule has 1 aromatic rings. The maximum Gasteiger partial charge on any atom is 0.417 e. The van der Waals surface area contributed by atoms with Gasteiger partial charge in [0.25, 0.3) is 5.24 Å². The van der Waals surface area contributed by atoms with Gasteiger partial charge in [0.2, 0.25) is 0 Å². The van der Waals surface area contributed by atoms with Crippen molar-refractivity contribution in [2.75, 3.05) is 0 Å². The minimum Gasteiger partial charge on any atom is -0.276 e. The van der Waals surface area contributed by atoms with E-state index in [4.69, 9.17) is 23.2 Å². The predicted octanol–water partition coefficient (Wildman–Crippen LogP) is 3.88. The summed E-state index contributed by atoms with van der Waals surface area (Å²) < 4.78 is 49.8. The average Bonchev–Trinajstić information content (AvgIpc) is 2.06. The first-order valence-corrected chi connectivity index (χ1v) is 4.25. The fourth-order valence-corrected chi connectivity index (χ4v) is 1.26. The van der Waals surface area contributed by atoms with E-state index in [1.165, 1.54) is 0 Å². The van der Waals surface area contributed by atoms with Gasteiger partial charge in [0, 0.05) is 5.56 Å². The lowest BCUT2D eigenvalue weighted by molar-refractivity contribution is -0.137. The van der Waals surface area contributed by atoms with Gasteiger partial charge in [-0.1, -0.05) is 11.6 Å². The van der Waals surface area contributed by atoms with E-state index in [-0.39, 0.29) is 0 Å². The van der Waals surface area contributed by atoms with Gasteiger partial charge < -0.3 is 0 Å². The molecule has 0 heterocycles. The van der Waals surface area contributed by atoms with Gasteiger partial charge >= 0.3 is 6.18 Å². The number of halogens is 6. The Bertz CT molecular complexity index is 414. The zero-order chi connectivity index (χ0) is 11.8. The Balaban J connectivity index is 3.49. The summed E-state index contributed by atoms with van der Waals surface area (Å²) in [5.74, 6) is -1.13. The molecule has 0 amide bonds. The molecule has 0 bridgehead atoms. The van der Waals surface area contributed by atoms with Crippen LogP contribution in [0.1, 0.15) is 15.9 Å². The molecule has 7 heteroatoms. The number of carbonyl (C=O) groups is 1. The zero-order valence-electron chi connectivity index (χ0n) is 6.83. The predicted molar refractivity (Wildman–Crippen MR) is 46.6 cm³/mol. The van der Waals surface area contributed by atoms with Crippen molar-refractivity contribution < 1.29 is 22.4 Å². The lowest BCUT2D eigenvalue weighted by Gasteiger charge is -2.10. The fraction of sp³-hybridized carbons (Fsp3) is 0.125. The van der Waals surface area contributed by atoms with Crippen molar-refractivity contribution in [3.8, 4) is 0 Å². The molecule has 82 valence electrons. The summed E-state index contributed by atoms with van der Waals surface area (Å²) in [4.78, 5) is 10.6. The summed E-state index contributed by atoms with van der Waals surface area (Å²) in [5.41, 5.74) is -2.31. The second kappa shape index (κ2) is 3.98. The smallest absolute Gasteiger partial charge is 0.276 e. The maximum atomic E-state index is 12.8. The Labute approximate surface area is 91.6 Å². The van der Waals surface area contributed by atoms with Gasteiger partial charge in [0.1, 0.15) is 5.82 Å². The largest absolute Gasteiger partial charge is 0.417 e. The number of alkyl halides is 3. The van der Waals surface area contributed by atoms with Gasteiger partial charge in [-0.05, 0) is 23.7 Å². The number of hydrogen-bond acceptors (Lipinski definition) is 1. The van der Waals surface area contributed by atoms with Crippen LogP contribution in [0.5, 0.6) is 0 Å². The Morgan fingerprint density at radius 1 is 1.27 bits per heavy atom. The third-order valence-corrected chi connectivity index (χ3v) is 2.07. The van der Waals surface area contributed by atoms with E-state index in [0.29, 0.717) is 12.1 Å². The van der Waals surface area contributed by atoms with Gasteiger partial charge in [0.15, 0.2) is 0 Å². The van der Waals surface area contributed by atoms with Gasteiger partial charge in [-0.15, -0.1) is 0 Å². The molecule has 0 saturated heterocycles. The maximum absolute atomic E-state index is 12.8. The summed E-state index contributed by atoms with van der Waals surface area (Å²) >= 11 is 10.1. The van der Waals surface area contributed by atoms with Crippen molar-refractivity contribution in [3.05, 3.63) is 34.1 Å². The molecule has 0 aromatic heterocycles. The van der Waals surface area contributed by atoms with Crippen LogP contribution in [-0.4, -0.2) is 5.24 Å². The summed E-state index contributed by atoms with van der Waals surface area (Å²) in [5, 5.41) is -2.11. The topological polar surface area (TPSA) is 17.1 Å². The molecule has 0 aliphatic carbocycles. The highest BCUT2D eigenvalue weighted by molar-refractivity contribution is 6.68. The summed E-state index contributed by atoms with van der Waals surface area (Å²) in [7, 11) is 0. The fourth-order valence-electron chi connectivity index (χ4n) is 0.944. The molecule has 0 unspecified atom stereocenters. The molecular formula is C8H2Cl2F4O. The first-order valence-electron chi connectivity index (χ1n) is 3.49. The van der Waals surface area contributed by atoms with Gasteiger partial charge in [-0.2, -0.15) is 13.2 Å². The second-order valence-electron chi connectivity index (χ2n) is 2.58. The van der Waals surface area contributed by atoms with Crippen molar-refractivity contribution >= 4 is 28.4 Å². The van der Waals surface area contributed by atoms with Crippen molar-refractivity contribution in [1.29, 1.82) is 0 Å². The molecule has 1 nitrogen and oxygen atoms in total. The van der Waals surface area contributed by atoms with Gasteiger partial charge in [-0.25, -0.2) is 4.39 Å². The first-order chi connectivity index (χ1) is 6.73. The van der Waals surface area contributed by atoms with E-state index in [9.17, 15) is 22.4 Å². The molecule has 0 radical (unpaired) electrons. The molecule has 15 heavy (non-hydrogen) atoms. The zero-order valence-corrected chi connectivity index (χ0v) is 8.34. The molecule has 1 rings (SSSR count). The molecule has 0 atom stereocenters. The number of benzene rings is 1. The van der Waals surface area contributed by atoms with E-state index in [1.54, 1.807) is 0 Å². The highest BCUT2D eigenvalue weighted by Gasteiger charge is 2.35. The van der Waals surface area contributed by atoms with Crippen LogP contribution in [0.25, 0.3) is 0 Å². The van der Waals surface area contributed by atoms with E-state index >= 15 is 0 Å². The van der Waals surface area contributed by atoms with Crippen LogP contribution in [0, 0.1) is 5.82 Å². The minimum absolute atomic E-state index is 0.326. The number of carbonyl (C=O) groups excluding carboxylic acids is 1. The van der Waals surface area contributed by atoms with E-state index in [1.807, 2.05) is 0 Å². The average molecular weight is 261 g/mol. The summed E-state index contributed by atoms with van der Waals surface area (Å²) in [6.45, 7) is 0. The molecule has 0 aliphatic heterocycles. The van der Waals surface area contributed by atoms with Crippen molar-refractivity contribution in [1.82, 2.24) is 0 Å². The molecule has 0 aliphatic rings. The Kier molecular flexibility index (Phi) is 3.25. The van der Waals surface area contributed by atoms with Crippen LogP contribution >= 0.6 is 23.2 Å². The quantitative estimate of drug-likeness (QED) is 0.553. The monoisotopic (exact) mass is 260 g/mol. The normalized spacial score (nSPS) is 11.6. The van der Waals surface area contributed by atoms with Crippen LogP contribution < -0.4 is 0 Å². The van der Waals surface area contributed by atoms with E-state index in [2.05, 4.69) is 0 Å². The van der Waals surface area contributed by atoms with E-state index < -0.39 is 33.4 Å². The first kappa shape index (κ1) is 12.3. The molecule has 0 saturated carbocycles. The van der Waals surface area contributed by atoms with Crippen LogP contribution in [0.2, 0.25) is 5.02 Å². The second-order valence-corrected chi connectivity index (χ2v) is 3.33. The van der Waals surface area contributed by atoms with Crippen LogP contribution in [0.15, 0.2) is 12.1 Å². The van der Waals surface area contributed by atoms with Crippen LogP contribution in [-0.2, 0) is 6.18 Å². The third-order valence-electron chi connectivity index (χ3n) is 1.58. The molecule has 0 N–H and O–H groups in total. The molecule has 0 spiro atoms. The Morgan fingerprint density at radius 2 is 1.80 bits per heavy atom. The standard InChI is InChI=1S/C8H2Cl2F4O/c9-5-2-4(8(12,13)14)3(7(10)15)1-6(5)11/h1-2H. The van der Waals surface area contributed by atoms with Crippen molar-refractivity contribution in [2.45, 2.75) is 6.18 Å². The number of hydrogen-bond donors (Lipinski definition) is 0. The summed E-state index contributed by atoms with van der Waals surface area (Å²) in [6.07, 6.45) is -4.81. The Hall–Kier alpha value is -0.810. The summed E-state index contributed by atoms with van der Waals surface area (Å²) in [6, 6.07) is 0.687. The van der Waals surface area contributed by atoms with Crippen molar-refractivity contribution in [3.63, 3.8) is 0 Å². The SMILES string of the molecule is O=C(Cl)c1cc(F)c(Cl)cc1C(F)(F)F.